The molecule has 0 spiro atoms. The van der Waals surface area contributed by atoms with Crippen molar-refractivity contribution in [1.82, 2.24) is 9.13 Å². The third kappa shape index (κ3) is 5.16. The highest BCUT2D eigenvalue weighted by atomic mass is 15.0. The molecule has 2 heterocycles. The number of benzene rings is 7. The van der Waals surface area contributed by atoms with Gasteiger partial charge in [-0.25, -0.2) is 0 Å². The Balaban J connectivity index is 0.000000880. The fourth-order valence-corrected chi connectivity index (χ4v) is 6.94. The fraction of sp³-hybridized carbons (Fsp3) is 0.0870. The summed E-state index contributed by atoms with van der Waals surface area (Å²) >= 11 is 0. The first-order chi connectivity index (χ1) is 23.8. The van der Waals surface area contributed by atoms with Gasteiger partial charge in [0.2, 0.25) is 0 Å². The largest absolute Gasteiger partial charge is 0.309 e. The molecule has 0 aliphatic heterocycles. The van der Waals surface area contributed by atoms with Crippen molar-refractivity contribution in [3.8, 4) is 33.6 Å². The van der Waals surface area contributed by atoms with E-state index in [0.29, 0.717) is 0 Å². The zero-order chi connectivity index (χ0) is 33.0. The molecule has 0 fully saturated rings. The van der Waals surface area contributed by atoms with Crippen molar-refractivity contribution in [2.45, 2.75) is 27.7 Å². The van der Waals surface area contributed by atoms with Gasteiger partial charge in [-0.2, -0.15) is 0 Å². The van der Waals surface area contributed by atoms with Crippen LogP contribution in [-0.2, 0) is 0 Å². The Kier molecular flexibility index (Phi) is 8.64. The molecule has 2 aromatic heterocycles. The number of fused-ring (bicyclic) bond motifs is 7. The summed E-state index contributed by atoms with van der Waals surface area (Å²) in [6, 6.07) is 61.3. The lowest BCUT2D eigenvalue weighted by atomic mass is 10.1. The zero-order valence-corrected chi connectivity index (χ0v) is 28.1. The fourth-order valence-electron chi connectivity index (χ4n) is 6.94. The molecular formula is C46H40N2. The first kappa shape index (κ1) is 30.8. The quantitative estimate of drug-likeness (QED) is 0.185. The lowest BCUT2D eigenvalue weighted by molar-refractivity contribution is 1.17. The van der Waals surface area contributed by atoms with E-state index in [0.717, 1.165) is 11.4 Å². The molecule has 0 saturated carbocycles. The highest BCUT2D eigenvalue weighted by molar-refractivity contribution is 6.28. The maximum Gasteiger partial charge on any atom is 0.0548 e. The summed E-state index contributed by atoms with van der Waals surface area (Å²) < 4.78 is 4.83. The molecule has 0 aliphatic rings. The molecule has 0 bridgehead atoms. The minimum atomic E-state index is 1.16. The molecular weight excluding hydrogens is 581 g/mol. The molecule has 0 atom stereocenters. The molecule has 48 heavy (non-hydrogen) atoms. The predicted octanol–water partition coefficient (Wildman–Crippen LogP) is 13.3. The Morgan fingerprint density at radius 2 is 0.583 bits per heavy atom. The van der Waals surface area contributed by atoms with Crippen molar-refractivity contribution >= 4 is 43.6 Å². The highest BCUT2D eigenvalue weighted by Gasteiger charge is 2.20. The van der Waals surface area contributed by atoms with Crippen LogP contribution in [0.5, 0.6) is 0 Å². The van der Waals surface area contributed by atoms with Crippen molar-refractivity contribution in [3.63, 3.8) is 0 Å². The summed E-state index contributed by atoms with van der Waals surface area (Å²) in [5, 5.41) is 5.12. The number of rotatable bonds is 4. The van der Waals surface area contributed by atoms with E-state index in [4.69, 9.17) is 0 Å². The van der Waals surface area contributed by atoms with Gasteiger partial charge in [0.1, 0.15) is 0 Å². The topological polar surface area (TPSA) is 9.86 Å². The number of nitrogens with zero attached hydrogens (tertiary/aromatic N) is 2. The van der Waals surface area contributed by atoms with Crippen molar-refractivity contribution in [1.29, 1.82) is 0 Å². The summed E-state index contributed by atoms with van der Waals surface area (Å²) in [4.78, 5) is 0. The van der Waals surface area contributed by atoms with Gasteiger partial charge in [-0.3, -0.25) is 0 Å². The number of para-hydroxylation sites is 2. The second kappa shape index (κ2) is 13.5. The van der Waals surface area contributed by atoms with Gasteiger partial charge in [-0.05, 0) is 70.8 Å². The van der Waals surface area contributed by atoms with Gasteiger partial charge >= 0.3 is 0 Å². The Bertz CT molecular complexity index is 2270. The normalized spacial score (nSPS) is 10.9. The van der Waals surface area contributed by atoms with Crippen LogP contribution in [0, 0.1) is 0 Å². The molecule has 2 nitrogen and oxygen atoms in total. The lowest BCUT2D eigenvalue weighted by Crippen LogP contribution is -1.95. The summed E-state index contributed by atoms with van der Waals surface area (Å²) in [6.07, 6.45) is 0. The van der Waals surface area contributed by atoms with Crippen LogP contribution < -0.4 is 0 Å². The minimum Gasteiger partial charge on any atom is -0.309 e. The van der Waals surface area contributed by atoms with Crippen molar-refractivity contribution in [2.75, 3.05) is 0 Å². The lowest BCUT2D eigenvalue weighted by Gasteiger charge is -2.11. The van der Waals surface area contributed by atoms with Crippen LogP contribution in [0.2, 0.25) is 0 Å². The van der Waals surface area contributed by atoms with Crippen LogP contribution in [0.4, 0.5) is 0 Å². The van der Waals surface area contributed by atoms with E-state index < -0.39 is 0 Å². The van der Waals surface area contributed by atoms with Gasteiger partial charge in [0.05, 0.1) is 22.1 Å². The van der Waals surface area contributed by atoms with Crippen LogP contribution >= 0.6 is 0 Å². The Morgan fingerprint density at radius 1 is 0.271 bits per heavy atom. The van der Waals surface area contributed by atoms with E-state index in [1.165, 1.54) is 65.9 Å². The summed E-state index contributed by atoms with van der Waals surface area (Å²) in [5.41, 5.74) is 12.1. The number of hydrogen-bond donors (Lipinski definition) is 0. The Labute approximate surface area is 283 Å². The first-order valence-electron chi connectivity index (χ1n) is 17.1. The average molecular weight is 621 g/mol. The first-order valence-corrected chi connectivity index (χ1v) is 17.1. The van der Waals surface area contributed by atoms with E-state index in [1.807, 2.05) is 27.7 Å². The van der Waals surface area contributed by atoms with Crippen LogP contribution in [-0.4, -0.2) is 9.13 Å². The third-order valence-corrected chi connectivity index (χ3v) is 8.94. The monoisotopic (exact) mass is 620 g/mol. The maximum absolute atomic E-state index is 2.42. The second-order valence-electron chi connectivity index (χ2n) is 11.4. The molecule has 0 radical (unpaired) electrons. The average Bonchev–Trinajstić information content (AvgIpc) is 3.70. The smallest absolute Gasteiger partial charge is 0.0548 e. The van der Waals surface area contributed by atoms with E-state index in [9.17, 15) is 0 Å². The van der Waals surface area contributed by atoms with Crippen molar-refractivity contribution < 1.29 is 0 Å². The number of hydrogen-bond acceptors (Lipinski definition) is 0. The molecule has 0 N–H and O–H groups in total. The number of aromatic nitrogens is 2. The molecule has 7 aromatic carbocycles. The third-order valence-electron chi connectivity index (χ3n) is 8.94. The van der Waals surface area contributed by atoms with Gasteiger partial charge < -0.3 is 9.13 Å². The van der Waals surface area contributed by atoms with E-state index in [2.05, 4.69) is 179 Å². The van der Waals surface area contributed by atoms with E-state index in [1.54, 1.807) is 0 Å². The van der Waals surface area contributed by atoms with Crippen LogP contribution in [0.15, 0.2) is 170 Å². The van der Waals surface area contributed by atoms with Crippen molar-refractivity contribution in [3.05, 3.63) is 170 Å². The minimum absolute atomic E-state index is 1.16. The van der Waals surface area contributed by atoms with Crippen LogP contribution in [0.3, 0.4) is 0 Å². The SMILES string of the molecule is CC.CC.c1ccc(-c2ccc(-n3c4ccccc4c4c5c6ccccc6n(-c6ccc(-c7ccccc7)cc6)c5ccc43)cc2)cc1. The molecule has 9 rings (SSSR count). The molecule has 9 aromatic rings. The van der Waals surface area contributed by atoms with Gasteiger partial charge in [0.25, 0.3) is 0 Å². The van der Waals surface area contributed by atoms with Crippen LogP contribution in [0.1, 0.15) is 27.7 Å². The van der Waals surface area contributed by atoms with Gasteiger partial charge in [0, 0.05) is 32.9 Å². The molecule has 0 amide bonds. The van der Waals surface area contributed by atoms with Gasteiger partial charge in [0.15, 0.2) is 0 Å². The van der Waals surface area contributed by atoms with Crippen molar-refractivity contribution in [2.24, 2.45) is 0 Å². The molecule has 0 saturated heterocycles. The summed E-state index contributed by atoms with van der Waals surface area (Å²) in [7, 11) is 0. The molecule has 0 aliphatic carbocycles. The molecule has 2 heteroatoms. The summed E-state index contributed by atoms with van der Waals surface area (Å²) in [5.74, 6) is 0. The maximum atomic E-state index is 2.42. The molecule has 0 unspecified atom stereocenters. The Morgan fingerprint density at radius 3 is 0.958 bits per heavy atom. The van der Waals surface area contributed by atoms with Gasteiger partial charge in [-0.15, -0.1) is 0 Å². The second-order valence-corrected chi connectivity index (χ2v) is 11.4. The molecule has 234 valence electrons. The van der Waals surface area contributed by atoms with Crippen LogP contribution in [0.25, 0.3) is 77.2 Å². The Hall–Kier alpha value is -5.86. The highest BCUT2D eigenvalue weighted by Crippen LogP contribution is 2.42. The van der Waals surface area contributed by atoms with E-state index in [-0.39, 0.29) is 0 Å². The van der Waals surface area contributed by atoms with E-state index >= 15 is 0 Å². The zero-order valence-electron chi connectivity index (χ0n) is 28.1. The summed E-state index contributed by atoms with van der Waals surface area (Å²) in [6.45, 7) is 8.00. The standard InChI is InChI=1S/C42H28N2.2C2H6/c1-3-11-29(12-4-1)31-19-23-33(24-20-31)43-37-17-9-7-15-35(37)41-39(43)27-28-40-42(41)36-16-8-10-18-38(36)44(40)34-25-21-32(22-26-34)30-13-5-2-6-14-30;2*1-2/h1-28H;2*1-2H3. The van der Waals surface area contributed by atoms with Gasteiger partial charge in [-0.1, -0.05) is 149 Å². The predicted molar refractivity (Wildman–Crippen MR) is 209 cm³/mol.